The van der Waals surface area contributed by atoms with Gasteiger partial charge in [0.05, 0.1) is 35.3 Å². The number of carbonyl (C=O) groups is 1. The van der Waals surface area contributed by atoms with Gasteiger partial charge in [0.25, 0.3) is 5.91 Å². The lowest BCUT2D eigenvalue weighted by Crippen LogP contribution is -2.50. The normalized spacial score (nSPS) is 19.8. The Bertz CT molecular complexity index is 1120. The lowest BCUT2D eigenvalue weighted by molar-refractivity contribution is 0.0388. The van der Waals surface area contributed by atoms with E-state index in [4.69, 9.17) is 16.3 Å². The van der Waals surface area contributed by atoms with Gasteiger partial charge in [0, 0.05) is 38.6 Å². The van der Waals surface area contributed by atoms with E-state index in [1.165, 1.54) is 35.6 Å². The van der Waals surface area contributed by atoms with Crippen LogP contribution >= 0.6 is 11.6 Å². The summed E-state index contributed by atoms with van der Waals surface area (Å²) in [5.41, 5.74) is 1.09. The Morgan fingerprint density at radius 1 is 1.18 bits per heavy atom. The van der Waals surface area contributed by atoms with Crippen molar-refractivity contribution in [3.05, 3.63) is 53.1 Å². The monoisotopic (exact) mass is 509 g/mol. The molecular formula is C24H32ClN3O5S. The second-order valence-electron chi connectivity index (χ2n) is 8.91. The van der Waals surface area contributed by atoms with Gasteiger partial charge < -0.3 is 19.6 Å². The Labute approximate surface area is 206 Å². The number of halogens is 1. The summed E-state index contributed by atoms with van der Waals surface area (Å²) >= 11 is 5.92. The molecule has 186 valence electrons. The number of hydrogen-bond donors (Lipinski definition) is 1. The highest BCUT2D eigenvalue weighted by atomic mass is 35.5. The molecule has 2 aromatic rings. The summed E-state index contributed by atoms with van der Waals surface area (Å²) in [5, 5.41) is 10.2. The standard InChI is InChI=1S/C24H32ClN3O5S/c1-16-13-28(17(2)15-29)24(30)20-7-6-8-21(26(3)4)23(20)33-22(16)14-27(5)34(31,32)19-11-9-18(25)10-12-19/h6-12,16-17,22,29H,13-15H2,1-5H3/t16-,17-,22+/m0/s1. The zero-order valence-corrected chi connectivity index (χ0v) is 21.7. The van der Waals surface area contributed by atoms with E-state index < -0.39 is 22.2 Å². The predicted octanol–water partition coefficient (Wildman–Crippen LogP) is 2.95. The van der Waals surface area contributed by atoms with Crippen LogP contribution in [0.25, 0.3) is 0 Å². The number of amides is 1. The molecule has 0 aliphatic carbocycles. The predicted molar refractivity (Wildman–Crippen MR) is 133 cm³/mol. The molecule has 0 bridgehead atoms. The van der Waals surface area contributed by atoms with Crippen LogP contribution in [0.15, 0.2) is 47.4 Å². The first kappa shape index (κ1) is 26.3. The van der Waals surface area contributed by atoms with Gasteiger partial charge in [0.2, 0.25) is 10.0 Å². The number of aliphatic hydroxyl groups excluding tert-OH is 1. The molecule has 10 heteroatoms. The van der Waals surface area contributed by atoms with Gasteiger partial charge in [0.1, 0.15) is 6.10 Å². The zero-order chi connectivity index (χ0) is 25.2. The fourth-order valence-electron chi connectivity index (χ4n) is 3.94. The van der Waals surface area contributed by atoms with E-state index in [-0.39, 0.29) is 29.9 Å². The Balaban J connectivity index is 2.01. The van der Waals surface area contributed by atoms with Crippen LogP contribution in [-0.2, 0) is 10.0 Å². The highest BCUT2D eigenvalue weighted by Crippen LogP contribution is 2.36. The number of anilines is 1. The molecular weight excluding hydrogens is 478 g/mol. The second kappa shape index (κ2) is 10.5. The van der Waals surface area contributed by atoms with Gasteiger partial charge in [-0.25, -0.2) is 8.42 Å². The molecule has 1 amide bonds. The molecule has 0 saturated heterocycles. The van der Waals surface area contributed by atoms with Crippen LogP contribution in [0.3, 0.4) is 0 Å². The minimum absolute atomic E-state index is 0.0723. The van der Waals surface area contributed by atoms with Gasteiger partial charge in [0.15, 0.2) is 5.75 Å². The average molecular weight is 510 g/mol. The smallest absolute Gasteiger partial charge is 0.258 e. The van der Waals surface area contributed by atoms with E-state index in [2.05, 4.69) is 0 Å². The SMILES string of the molecule is C[C@H]1CN([C@@H](C)CO)C(=O)c2cccc(N(C)C)c2O[C@@H]1CN(C)S(=O)(=O)c1ccc(Cl)cc1. The van der Waals surface area contributed by atoms with Gasteiger partial charge >= 0.3 is 0 Å². The molecule has 0 saturated carbocycles. The van der Waals surface area contributed by atoms with Crippen LogP contribution in [0.1, 0.15) is 24.2 Å². The van der Waals surface area contributed by atoms with Crippen molar-refractivity contribution in [3.8, 4) is 5.75 Å². The van der Waals surface area contributed by atoms with Crippen molar-refractivity contribution in [2.24, 2.45) is 5.92 Å². The number of fused-ring (bicyclic) bond motifs is 1. The van der Waals surface area contributed by atoms with Crippen LogP contribution < -0.4 is 9.64 Å². The summed E-state index contributed by atoms with van der Waals surface area (Å²) in [7, 11) is 1.43. The van der Waals surface area contributed by atoms with Gasteiger partial charge in [-0.05, 0) is 43.3 Å². The quantitative estimate of drug-likeness (QED) is 0.617. The molecule has 34 heavy (non-hydrogen) atoms. The molecule has 1 heterocycles. The molecule has 0 fully saturated rings. The topological polar surface area (TPSA) is 90.4 Å². The maximum atomic E-state index is 13.4. The molecule has 0 aromatic heterocycles. The number of aliphatic hydroxyl groups is 1. The molecule has 3 rings (SSSR count). The first-order valence-electron chi connectivity index (χ1n) is 11.1. The van der Waals surface area contributed by atoms with Crippen molar-refractivity contribution in [2.75, 3.05) is 45.7 Å². The molecule has 0 unspecified atom stereocenters. The molecule has 0 radical (unpaired) electrons. The first-order valence-corrected chi connectivity index (χ1v) is 12.9. The van der Waals surface area contributed by atoms with E-state index in [1.54, 1.807) is 24.0 Å². The lowest BCUT2D eigenvalue weighted by atomic mass is 9.99. The minimum atomic E-state index is -3.78. The summed E-state index contributed by atoms with van der Waals surface area (Å²) in [6, 6.07) is 11.0. The second-order valence-corrected chi connectivity index (χ2v) is 11.4. The van der Waals surface area contributed by atoms with Crippen LogP contribution in [0.5, 0.6) is 5.75 Å². The van der Waals surface area contributed by atoms with E-state index in [0.717, 1.165) is 0 Å². The van der Waals surface area contributed by atoms with Crippen LogP contribution in [-0.4, -0.2) is 81.6 Å². The summed E-state index contributed by atoms with van der Waals surface area (Å²) in [4.78, 5) is 17.0. The van der Waals surface area contributed by atoms with Crippen LogP contribution in [0.2, 0.25) is 5.02 Å². The molecule has 3 atom stereocenters. The molecule has 1 N–H and O–H groups in total. The van der Waals surface area contributed by atoms with E-state index in [1.807, 2.05) is 32.0 Å². The number of nitrogens with zero attached hydrogens (tertiary/aromatic N) is 3. The van der Waals surface area contributed by atoms with E-state index in [9.17, 15) is 18.3 Å². The Hall–Kier alpha value is -2.33. The third kappa shape index (κ3) is 5.33. The summed E-state index contributed by atoms with van der Waals surface area (Å²) in [6.45, 7) is 3.90. The zero-order valence-electron chi connectivity index (χ0n) is 20.1. The molecule has 8 nitrogen and oxygen atoms in total. The van der Waals surface area contributed by atoms with Crippen molar-refractivity contribution < 1.29 is 23.1 Å². The van der Waals surface area contributed by atoms with Gasteiger partial charge in [-0.1, -0.05) is 24.6 Å². The number of hydrogen-bond acceptors (Lipinski definition) is 6. The maximum Gasteiger partial charge on any atom is 0.258 e. The minimum Gasteiger partial charge on any atom is -0.486 e. The van der Waals surface area contributed by atoms with Crippen LogP contribution in [0, 0.1) is 5.92 Å². The van der Waals surface area contributed by atoms with Crippen molar-refractivity contribution >= 4 is 33.2 Å². The summed E-state index contributed by atoms with van der Waals surface area (Å²) in [5.74, 6) is -0.0432. The van der Waals surface area contributed by atoms with E-state index >= 15 is 0 Å². The van der Waals surface area contributed by atoms with Gasteiger partial charge in [-0.15, -0.1) is 0 Å². The number of sulfonamides is 1. The van der Waals surface area contributed by atoms with E-state index in [0.29, 0.717) is 28.6 Å². The molecule has 1 aliphatic heterocycles. The first-order chi connectivity index (χ1) is 16.0. The van der Waals surface area contributed by atoms with Crippen molar-refractivity contribution in [3.63, 3.8) is 0 Å². The van der Waals surface area contributed by atoms with Crippen LogP contribution in [0.4, 0.5) is 5.69 Å². The number of ether oxygens (including phenoxy) is 1. The Kier molecular flexibility index (Phi) is 8.13. The Morgan fingerprint density at radius 3 is 2.41 bits per heavy atom. The number of benzene rings is 2. The van der Waals surface area contributed by atoms with Crippen molar-refractivity contribution in [2.45, 2.75) is 30.9 Å². The van der Waals surface area contributed by atoms with Gasteiger partial charge in [-0.3, -0.25) is 4.79 Å². The lowest BCUT2D eigenvalue weighted by Gasteiger charge is -2.38. The van der Waals surface area contributed by atoms with Crippen molar-refractivity contribution in [1.29, 1.82) is 0 Å². The van der Waals surface area contributed by atoms with Gasteiger partial charge in [-0.2, -0.15) is 4.31 Å². The maximum absolute atomic E-state index is 13.4. The fourth-order valence-corrected chi connectivity index (χ4v) is 5.25. The largest absolute Gasteiger partial charge is 0.486 e. The highest BCUT2D eigenvalue weighted by Gasteiger charge is 2.36. The summed E-state index contributed by atoms with van der Waals surface area (Å²) < 4.78 is 34.1. The number of likely N-dealkylation sites (N-methyl/N-ethyl adjacent to an activating group) is 1. The van der Waals surface area contributed by atoms with Crippen molar-refractivity contribution in [1.82, 2.24) is 9.21 Å². The third-order valence-electron chi connectivity index (χ3n) is 6.11. The third-order valence-corrected chi connectivity index (χ3v) is 8.20. The Morgan fingerprint density at radius 2 is 1.82 bits per heavy atom. The molecule has 1 aliphatic rings. The molecule has 2 aromatic carbocycles. The number of carbonyl (C=O) groups excluding carboxylic acids is 1. The highest BCUT2D eigenvalue weighted by molar-refractivity contribution is 7.89. The number of rotatable bonds is 7. The summed E-state index contributed by atoms with van der Waals surface area (Å²) in [6.07, 6.45) is -0.548. The number of para-hydroxylation sites is 1. The molecule has 0 spiro atoms. The average Bonchev–Trinajstić information content (AvgIpc) is 2.80. The fraction of sp³-hybridized carbons (Fsp3) is 0.458.